The molecule has 0 aliphatic carbocycles. The lowest BCUT2D eigenvalue weighted by Gasteiger charge is -2.18. The lowest BCUT2D eigenvalue weighted by Crippen LogP contribution is -2.28. The Morgan fingerprint density at radius 3 is 2.60 bits per heavy atom. The fourth-order valence-electron chi connectivity index (χ4n) is 1.91. The van der Waals surface area contributed by atoms with Gasteiger partial charge in [-0.1, -0.05) is 6.07 Å². The summed E-state index contributed by atoms with van der Waals surface area (Å²) in [6, 6.07) is 5.03. The smallest absolute Gasteiger partial charge is 0.270 e. The summed E-state index contributed by atoms with van der Waals surface area (Å²) in [6.07, 6.45) is 1.76. The van der Waals surface area contributed by atoms with Gasteiger partial charge in [-0.3, -0.25) is 4.79 Å². The van der Waals surface area contributed by atoms with Crippen molar-refractivity contribution in [3.05, 3.63) is 57.8 Å². The Kier molecular flexibility index (Phi) is 4.23. The topological polar surface area (TPSA) is 25.2 Å². The molecule has 0 aliphatic heterocycles. The predicted molar refractivity (Wildman–Crippen MR) is 75.3 cm³/mol. The molecule has 0 fully saturated rings. The molecule has 2 aromatic rings. The van der Waals surface area contributed by atoms with Gasteiger partial charge < -0.3 is 9.47 Å². The van der Waals surface area contributed by atoms with Crippen LogP contribution in [0.3, 0.4) is 0 Å². The number of aromatic nitrogens is 1. The lowest BCUT2D eigenvalue weighted by atomic mass is 10.2. The van der Waals surface area contributed by atoms with E-state index in [1.54, 1.807) is 30.9 Å². The molecule has 1 heterocycles. The summed E-state index contributed by atoms with van der Waals surface area (Å²) in [5, 5.41) is 0. The number of carbonyl (C=O) groups excluding carboxylic acids is 1. The summed E-state index contributed by atoms with van der Waals surface area (Å²) < 4.78 is 28.9. The molecule has 106 valence electrons. The molecule has 0 spiro atoms. The van der Waals surface area contributed by atoms with Crippen LogP contribution in [0.2, 0.25) is 0 Å². The van der Waals surface area contributed by atoms with E-state index in [4.69, 9.17) is 0 Å². The Balaban J connectivity index is 2.17. The zero-order chi connectivity index (χ0) is 14.9. The Morgan fingerprint density at radius 2 is 2.05 bits per heavy atom. The molecule has 1 amide bonds. The molecule has 0 saturated carbocycles. The third-order valence-corrected chi connectivity index (χ3v) is 3.39. The highest BCUT2D eigenvalue weighted by molar-refractivity contribution is 9.10. The SMILES string of the molecule is CN(Cc1ccc(F)cc1F)C(=O)c1cc(Br)cn1C. The van der Waals surface area contributed by atoms with Gasteiger partial charge in [0, 0.05) is 42.9 Å². The maximum absolute atomic E-state index is 13.6. The molecule has 20 heavy (non-hydrogen) atoms. The van der Waals surface area contributed by atoms with Gasteiger partial charge in [0.15, 0.2) is 0 Å². The first-order chi connectivity index (χ1) is 9.38. The zero-order valence-corrected chi connectivity index (χ0v) is 12.6. The third kappa shape index (κ3) is 3.07. The van der Waals surface area contributed by atoms with Gasteiger partial charge in [0.25, 0.3) is 5.91 Å². The standard InChI is InChI=1S/C14H13BrF2N2O/c1-18-8-10(15)5-13(18)14(20)19(2)7-9-3-4-11(16)6-12(9)17/h3-6,8H,7H2,1-2H3. The van der Waals surface area contributed by atoms with Crippen LogP contribution in [0.25, 0.3) is 0 Å². The first-order valence-corrected chi connectivity index (χ1v) is 6.69. The molecule has 3 nitrogen and oxygen atoms in total. The minimum Gasteiger partial charge on any atom is -0.345 e. The van der Waals surface area contributed by atoms with E-state index in [1.807, 2.05) is 0 Å². The Labute approximate surface area is 123 Å². The summed E-state index contributed by atoms with van der Waals surface area (Å²) in [5.74, 6) is -1.52. The maximum atomic E-state index is 13.6. The van der Waals surface area contributed by atoms with Gasteiger partial charge in [0.2, 0.25) is 0 Å². The van der Waals surface area contributed by atoms with E-state index in [-0.39, 0.29) is 18.0 Å². The first-order valence-electron chi connectivity index (χ1n) is 5.89. The van der Waals surface area contributed by atoms with Crippen LogP contribution >= 0.6 is 15.9 Å². The van der Waals surface area contributed by atoms with Crippen molar-refractivity contribution in [3.8, 4) is 0 Å². The molecule has 0 aliphatic rings. The van der Waals surface area contributed by atoms with E-state index in [9.17, 15) is 13.6 Å². The van der Waals surface area contributed by atoms with Gasteiger partial charge in [-0.2, -0.15) is 0 Å². The third-order valence-electron chi connectivity index (χ3n) is 2.96. The van der Waals surface area contributed by atoms with E-state index >= 15 is 0 Å². The van der Waals surface area contributed by atoms with Crippen molar-refractivity contribution in [1.82, 2.24) is 9.47 Å². The van der Waals surface area contributed by atoms with Crippen LogP contribution in [0.15, 0.2) is 34.9 Å². The van der Waals surface area contributed by atoms with Gasteiger partial charge in [0.1, 0.15) is 17.3 Å². The summed E-state index contributed by atoms with van der Waals surface area (Å²) in [7, 11) is 3.33. The highest BCUT2D eigenvalue weighted by atomic mass is 79.9. The minimum atomic E-state index is -0.655. The number of hydrogen-bond donors (Lipinski definition) is 0. The molecular formula is C14H13BrF2N2O. The lowest BCUT2D eigenvalue weighted by molar-refractivity contribution is 0.0774. The van der Waals surface area contributed by atoms with E-state index in [0.717, 1.165) is 10.5 Å². The molecule has 1 aromatic heterocycles. The molecule has 0 radical (unpaired) electrons. The highest BCUT2D eigenvalue weighted by Gasteiger charge is 2.17. The molecule has 0 saturated heterocycles. The number of rotatable bonds is 3. The Morgan fingerprint density at radius 1 is 1.35 bits per heavy atom. The van der Waals surface area contributed by atoms with E-state index in [2.05, 4.69) is 15.9 Å². The number of amides is 1. The molecule has 0 bridgehead atoms. The van der Waals surface area contributed by atoms with Crippen LogP contribution in [-0.4, -0.2) is 22.4 Å². The average Bonchev–Trinajstić information content (AvgIpc) is 2.71. The van der Waals surface area contributed by atoms with Gasteiger partial charge in [-0.05, 0) is 28.1 Å². The van der Waals surface area contributed by atoms with Gasteiger partial charge in [0.05, 0.1) is 0 Å². The van der Waals surface area contributed by atoms with Crippen molar-refractivity contribution in [2.24, 2.45) is 7.05 Å². The largest absolute Gasteiger partial charge is 0.345 e. The summed E-state index contributed by atoms with van der Waals surface area (Å²) in [4.78, 5) is 13.6. The Hall–Kier alpha value is -1.69. The van der Waals surface area contributed by atoms with Crippen LogP contribution in [0.4, 0.5) is 8.78 Å². The van der Waals surface area contributed by atoms with Crippen molar-refractivity contribution in [3.63, 3.8) is 0 Å². The predicted octanol–water partition coefficient (Wildman–Crippen LogP) is 3.34. The van der Waals surface area contributed by atoms with Crippen LogP contribution in [0.1, 0.15) is 16.1 Å². The van der Waals surface area contributed by atoms with Crippen molar-refractivity contribution < 1.29 is 13.6 Å². The molecule has 0 atom stereocenters. The minimum absolute atomic E-state index is 0.0771. The second-order valence-corrected chi connectivity index (χ2v) is 5.47. The van der Waals surface area contributed by atoms with E-state index < -0.39 is 11.6 Å². The molecular weight excluding hydrogens is 330 g/mol. The van der Waals surface area contributed by atoms with Gasteiger partial charge in [-0.15, -0.1) is 0 Å². The molecule has 6 heteroatoms. The first kappa shape index (κ1) is 14.7. The number of aryl methyl sites for hydroxylation is 1. The van der Waals surface area contributed by atoms with E-state index in [1.165, 1.54) is 17.0 Å². The quantitative estimate of drug-likeness (QED) is 0.839. The molecule has 0 unspecified atom stereocenters. The van der Waals surface area contributed by atoms with Crippen LogP contribution in [0, 0.1) is 11.6 Å². The van der Waals surface area contributed by atoms with Crippen LogP contribution in [-0.2, 0) is 13.6 Å². The number of hydrogen-bond acceptors (Lipinski definition) is 1. The van der Waals surface area contributed by atoms with E-state index in [0.29, 0.717) is 5.69 Å². The second-order valence-electron chi connectivity index (χ2n) is 4.55. The van der Waals surface area contributed by atoms with Crippen molar-refractivity contribution in [2.45, 2.75) is 6.54 Å². The monoisotopic (exact) mass is 342 g/mol. The highest BCUT2D eigenvalue weighted by Crippen LogP contribution is 2.17. The number of nitrogens with zero attached hydrogens (tertiary/aromatic N) is 2. The normalized spacial score (nSPS) is 10.7. The zero-order valence-electron chi connectivity index (χ0n) is 11.0. The Bertz CT molecular complexity index is 655. The molecule has 1 aromatic carbocycles. The van der Waals surface area contributed by atoms with Gasteiger partial charge >= 0.3 is 0 Å². The number of halogens is 3. The maximum Gasteiger partial charge on any atom is 0.270 e. The number of benzene rings is 1. The molecule has 2 rings (SSSR count). The van der Waals surface area contributed by atoms with Crippen LogP contribution < -0.4 is 0 Å². The van der Waals surface area contributed by atoms with Crippen LogP contribution in [0.5, 0.6) is 0 Å². The summed E-state index contributed by atoms with van der Waals surface area (Å²) in [6.45, 7) is 0.0771. The fourth-order valence-corrected chi connectivity index (χ4v) is 2.43. The average molecular weight is 343 g/mol. The summed E-state index contributed by atoms with van der Waals surface area (Å²) >= 11 is 3.29. The van der Waals surface area contributed by atoms with Crippen molar-refractivity contribution >= 4 is 21.8 Å². The van der Waals surface area contributed by atoms with Crippen molar-refractivity contribution in [1.29, 1.82) is 0 Å². The fraction of sp³-hybridized carbons (Fsp3) is 0.214. The second kappa shape index (κ2) is 5.75. The number of carbonyl (C=O) groups is 1. The molecule has 0 N–H and O–H groups in total. The van der Waals surface area contributed by atoms with Gasteiger partial charge in [-0.25, -0.2) is 8.78 Å². The van der Waals surface area contributed by atoms with Crippen molar-refractivity contribution in [2.75, 3.05) is 7.05 Å². The summed E-state index contributed by atoms with van der Waals surface area (Å²) in [5.41, 5.74) is 0.761.